The van der Waals surface area contributed by atoms with E-state index >= 15 is 0 Å². The fraction of sp³-hybridized carbons (Fsp3) is 0.238. The SMILES string of the molecule is CC(C)NS(=O)(=O)c1ccc(/C=C/C(=O)Nc2cccc(C(=O)N(C)C)c2)cc1. The molecule has 0 aliphatic rings. The number of hydrogen-bond donors (Lipinski definition) is 2. The molecule has 2 aromatic carbocycles. The summed E-state index contributed by atoms with van der Waals surface area (Å²) in [6, 6.07) is 12.7. The summed E-state index contributed by atoms with van der Waals surface area (Å²) in [5, 5.41) is 2.70. The van der Waals surface area contributed by atoms with Crippen molar-refractivity contribution in [3.8, 4) is 0 Å². The lowest BCUT2D eigenvalue weighted by atomic mass is 10.1. The molecule has 0 atom stereocenters. The van der Waals surface area contributed by atoms with Crippen molar-refractivity contribution in [1.82, 2.24) is 9.62 Å². The Labute approximate surface area is 171 Å². The number of hydrogen-bond acceptors (Lipinski definition) is 4. The van der Waals surface area contributed by atoms with Crippen LogP contribution in [0.4, 0.5) is 5.69 Å². The van der Waals surface area contributed by atoms with Gasteiger partial charge in [-0.25, -0.2) is 13.1 Å². The average Bonchev–Trinajstić information content (AvgIpc) is 2.65. The van der Waals surface area contributed by atoms with Crippen molar-refractivity contribution in [3.63, 3.8) is 0 Å². The third-order valence-electron chi connectivity index (χ3n) is 3.79. The van der Waals surface area contributed by atoms with Gasteiger partial charge in [0.1, 0.15) is 0 Å². The Balaban J connectivity index is 2.04. The summed E-state index contributed by atoms with van der Waals surface area (Å²) in [4.78, 5) is 25.8. The van der Waals surface area contributed by atoms with Crippen LogP contribution >= 0.6 is 0 Å². The largest absolute Gasteiger partial charge is 0.345 e. The molecule has 0 spiro atoms. The third kappa shape index (κ3) is 6.55. The summed E-state index contributed by atoms with van der Waals surface area (Å²) >= 11 is 0. The van der Waals surface area contributed by atoms with E-state index in [1.165, 1.54) is 23.1 Å². The van der Waals surface area contributed by atoms with E-state index in [1.54, 1.807) is 70.4 Å². The van der Waals surface area contributed by atoms with Gasteiger partial charge in [-0.3, -0.25) is 9.59 Å². The van der Waals surface area contributed by atoms with E-state index in [4.69, 9.17) is 0 Å². The first-order chi connectivity index (χ1) is 13.6. The molecule has 0 saturated heterocycles. The maximum atomic E-state index is 12.1. The fourth-order valence-corrected chi connectivity index (χ4v) is 3.73. The molecule has 2 aromatic rings. The quantitative estimate of drug-likeness (QED) is 0.680. The van der Waals surface area contributed by atoms with E-state index < -0.39 is 10.0 Å². The van der Waals surface area contributed by atoms with Crippen molar-refractivity contribution in [2.75, 3.05) is 19.4 Å². The highest BCUT2D eigenvalue weighted by atomic mass is 32.2. The van der Waals surface area contributed by atoms with Crippen molar-refractivity contribution in [1.29, 1.82) is 0 Å². The molecule has 2 amide bonds. The molecule has 2 rings (SSSR count). The first-order valence-corrected chi connectivity index (χ1v) is 10.5. The van der Waals surface area contributed by atoms with Gasteiger partial charge in [0.05, 0.1) is 4.90 Å². The van der Waals surface area contributed by atoms with Crippen molar-refractivity contribution in [3.05, 3.63) is 65.7 Å². The van der Waals surface area contributed by atoms with Gasteiger partial charge in [-0.2, -0.15) is 0 Å². The predicted molar refractivity (Wildman–Crippen MR) is 114 cm³/mol. The van der Waals surface area contributed by atoms with E-state index in [0.29, 0.717) is 16.8 Å². The van der Waals surface area contributed by atoms with Gasteiger partial charge < -0.3 is 10.2 Å². The minimum absolute atomic E-state index is 0.154. The van der Waals surface area contributed by atoms with E-state index in [2.05, 4.69) is 10.0 Å². The molecule has 0 aromatic heterocycles. The van der Waals surface area contributed by atoms with Crippen LogP contribution in [0.1, 0.15) is 29.8 Å². The van der Waals surface area contributed by atoms with Crippen molar-refractivity contribution in [2.45, 2.75) is 24.8 Å². The number of anilines is 1. The molecule has 29 heavy (non-hydrogen) atoms. The molecule has 0 aliphatic carbocycles. The zero-order chi connectivity index (χ0) is 21.6. The Morgan fingerprint density at radius 3 is 2.28 bits per heavy atom. The van der Waals surface area contributed by atoms with Crippen molar-refractivity contribution >= 4 is 33.6 Å². The molecule has 0 saturated carbocycles. The minimum atomic E-state index is -3.55. The number of amides is 2. The van der Waals surface area contributed by atoms with Gasteiger partial charge in [0, 0.05) is 37.5 Å². The van der Waals surface area contributed by atoms with Gasteiger partial charge in [-0.05, 0) is 55.8 Å². The van der Waals surface area contributed by atoms with Crippen LogP contribution in [0.2, 0.25) is 0 Å². The topological polar surface area (TPSA) is 95.6 Å². The van der Waals surface area contributed by atoms with Gasteiger partial charge in [-0.1, -0.05) is 18.2 Å². The maximum Gasteiger partial charge on any atom is 0.253 e. The van der Waals surface area contributed by atoms with Crippen LogP contribution in [0.25, 0.3) is 6.08 Å². The van der Waals surface area contributed by atoms with Crippen LogP contribution in [0.5, 0.6) is 0 Å². The van der Waals surface area contributed by atoms with E-state index in [0.717, 1.165) is 0 Å². The molecule has 0 bridgehead atoms. The van der Waals surface area contributed by atoms with Crippen LogP contribution < -0.4 is 10.0 Å². The highest BCUT2D eigenvalue weighted by Crippen LogP contribution is 2.14. The summed E-state index contributed by atoms with van der Waals surface area (Å²) in [6.45, 7) is 3.50. The molecule has 0 aliphatic heterocycles. The number of nitrogens with one attached hydrogen (secondary N) is 2. The number of benzene rings is 2. The molecular formula is C21H25N3O4S. The van der Waals surface area contributed by atoms with Crippen molar-refractivity contribution in [2.24, 2.45) is 0 Å². The maximum absolute atomic E-state index is 12.1. The van der Waals surface area contributed by atoms with Gasteiger partial charge in [0.25, 0.3) is 5.91 Å². The second-order valence-electron chi connectivity index (χ2n) is 6.95. The number of nitrogens with zero attached hydrogens (tertiary/aromatic N) is 1. The molecule has 0 unspecified atom stereocenters. The summed E-state index contributed by atoms with van der Waals surface area (Å²) in [5.41, 5.74) is 1.66. The van der Waals surface area contributed by atoms with Gasteiger partial charge in [-0.15, -0.1) is 0 Å². The monoisotopic (exact) mass is 415 g/mol. The number of sulfonamides is 1. The standard InChI is InChI=1S/C21H25N3O4S/c1-15(2)23-29(27,28)19-11-8-16(9-12-19)10-13-20(25)22-18-7-5-6-17(14-18)21(26)24(3)4/h5-15,23H,1-4H3,(H,22,25)/b13-10+. The second kappa shape index (κ2) is 9.49. The molecule has 2 N–H and O–H groups in total. The van der Waals surface area contributed by atoms with Gasteiger partial charge >= 0.3 is 0 Å². The first-order valence-electron chi connectivity index (χ1n) is 9.01. The highest BCUT2D eigenvalue weighted by molar-refractivity contribution is 7.89. The fourth-order valence-electron chi connectivity index (χ4n) is 2.48. The summed E-state index contributed by atoms with van der Waals surface area (Å²) in [5.74, 6) is -0.517. The molecule has 8 heteroatoms. The highest BCUT2D eigenvalue weighted by Gasteiger charge is 2.14. The lowest BCUT2D eigenvalue weighted by Gasteiger charge is -2.11. The van der Waals surface area contributed by atoms with E-state index in [1.807, 2.05) is 0 Å². The number of rotatable bonds is 7. The molecule has 0 fully saturated rings. The minimum Gasteiger partial charge on any atom is -0.345 e. The smallest absolute Gasteiger partial charge is 0.253 e. The molecule has 154 valence electrons. The molecule has 7 nitrogen and oxygen atoms in total. The average molecular weight is 416 g/mol. The lowest BCUT2D eigenvalue weighted by molar-refractivity contribution is -0.111. The van der Waals surface area contributed by atoms with E-state index in [9.17, 15) is 18.0 Å². The van der Waals surface area contributed by atoms with E-state index in [-0.39, 0.29) is 22.8 Å². The Bertz CT molecular complexity index is 1010. The molecule has 0 heterocycles. The van der Waals surface area contributed by atoms with Gasteiger partial charge in [0.2, 0.25) is 15.9 Å². The third-order valence-corrected chi connectivity index (χ3v) is 5.47. The van der Waals surface area contributed by atoms with Crippen LogP contribution in [0.3, 0.4) is 0 Å². The first kappa shape index (κ1) is 22.3. The van der Waals surface area contributed by atoms with Crippen LogP contribution in [-0.2, 0) is 14.8 Å². The zero-order valence-electron chi connectivity index (χ0n) is 16.8. The molecular weight excluding hydrogens is 390 g/mol. The summed E-state index contributed by atoms with van der Waals surface area (Å²) in [6.07, 6.45) is 2.92. The van der Waals surface area contributed by atoms with Crippen LogP contribution in [0, 0.1) is 0 Å². The normalized spacial score (nSPS) is 11.6. The Morgan fingerprint density at radius 2 is 1.69 bits per heavy atom. The lowest BCUT2D eigenvalue weighted by Crippen LogP contribution is -2.30. The second-order valence-corrected chi connectivity index (χ2v) is 8.66. The van der Waals surface area contributed by atoms with Crippen molar-refractivity contribution < 1.29 is 18.0 Å². The Hall–Kier alpha value is -2.97. The number of carbonyl (C=O) groups excluding carboxylic acids is 2. The zero-order valence-corrected chi connectivity index (χ0v) is 17.7. The van der Waals surface area contributed by atoms with Crippen LogP contribution in [-0.4, -0.2) is 45.3 Å². The molecule has 0 radical (unpaired) electrons. The number of carbonyl (C=O) groups is 2. The predicted octanol–water partition coefficient (Wildman–Crippen LogP) is 2.73. The summed E-state index contributed by atoms with van der Waals surface area (Å²) < 4.78 is 26.8. The summed E-state index contributed by atoms with van der Waals surface area (Å²) in [7, 11) is -0.233. The Kier molecular flexibility index (Phi) is 7.30. The Morgan fingerprint density at radius 1 is 1.03 bits per heavy atom. The van der Waals surface area contributed by atoms with Crippen LogP contribution in [0.15, 0.2) is 59.5 Å². The van der Waals surface area contributed by atoms with Gasteiger partial charge in [0.15, 0.2) is 0 Å².